The molecule has 3 nitrogen and oxygen atoms in total. The Labute approximate surface area is 118 Å². The number of likely N-dealkylation sites (tertiary alicyclic amines) is 1. The molecule has 1 saturated heterocycles. The van der Waals surface area contributed by atoms with Crippen LogP contribution in [0.2, 0.25) is 0 Å². The van der Waals surface area contributed by atoms with Gasteiger partial charge in [0.25, 0.3) is 0 Å². The third-order valence-corrected chi connectivity index (χ3v) is 3.30. The maximum Gasteiger partial charge on any atom is 0.458 e. The molecule has 1 aliphatic rings. The second kappa shape index (κ2) is 5.67. The van der Waals surface area contributed by atoms with Gasteiger partial charge in [0.1, 0.15) is 12.5 Å². The van der Waals surface area contributed by atoms with Crippen molar-refractivity contribution >= 4 is 5.69 Å². The van der Waals surface area contributed by atoms with Crippen molar-refractivity contribution in [1.82, 2.24) is 4.90 Å². The van der Waals surface area contributed by atoms with Crippen LogP contribution >= 0.6 is 0 Å². The maximum atomic E-state index is 13.5. The van der Waals surface area contributed by atoms with E-state index < -0.39 is 23.4 Å². The number of halogens is 5. The second-order valence-electron chi connectivity index (χ2n) is 4.93. The monoisotopic (exact) mass is 310 g/mol. The Balaban J connectivity index is 2.24. The Morgan fingerprint density at radius 3 is 2.29 bits per heavy atom. The highest BCUT2D eigenvalue weighted by molar-refractivity contribution is 5.50. The summed E-state index contributed by atoms with van der Waals surface area (Å²) in [5, 5.41) is 0. The summed E-state index contributed by atoms with van der Waals surface area (Å²) in [7, 11) is 0. The fourth-order valence-corrected chi connectivity index (χ4v) is 2.14. The van der Waals surface area contributed by atoms with E-state index in [0.29, 0.717) is 6.07 Å². The molecule has 118 valence electrons. The number of hydrogen-bond acceptors (Lipinski definition) is 3. The van der Waals surface area contributed by atoms with Gasteiger partial charge in [-0.1, -0.05) is 0 Å². The van der Waals surface area contributed by atoms with Gasteiger partial charge in [0.15, 0.2) is 0 Å². The minimum absolute atomic E-state index is 0.0373. The molecule has 0 bridgehead atoms. The molecule has 21 heavy (non-hydrogen) atoms. The van der Waals surface area contributed by atoms with Gasteiger partial charge in [0.2, 0.25) is 0 Å². The number of nitrogens with zero attached hydrogens (tertiary/aromatic N) is 1. The summed E-state index contributed by atoms with van der Waals surface area (Å²) in [4.78, 5) is 1.83. The number of ether oxygens (including phenoxy) is 1. The first kappa shape index (κ1) is 15.8. The molecule has 1 aliphatic heterocycles. The predicted molar refractivity (Wildman–Crippen MR) is 67.1 cm³/mol. The third kappa shape index (κ3) is 3.37. The van der Waals surface area contributed by atoms with Crippen LogP contribution in [0.15, 0.2) is 18.2 Å². The first-order valence-corrected chi connectivity index (χ1v) is 6.41. The molecule has 0 radical (unpaired) electrons. The summed E-state index contributed by atoms with van der Waals surface area (Å²) in [5.41, 5.74) is 4.29. The summed E-state index contributed by atoms with van der Waals surface area (Å²) in [6.07, 6.45) is -3.79. The first-order chi connectivity index (χ1) is 9.72. The lowest BCUT2D eigenvalue weighted by atomic mass is 10.1. The molecular weight excluding hydrogens is 295 g/mol. The van der Waals surface area contributed by atoms with Crippen molar-refractivity contribution in [2.45, 2.75) is 24.9 Å². The van der Waals surface area contributed by atoms with E-state index >= 15 is 0 Å². The summed E-state index contributed by atoms with van der Waals surface area (Å²) >= 11 is 0. The lowest BCUT2D eigenvalue weighted by Gasteiger charge is -2.24. The van der Waals surface area contributed by atoms with E-state index in [9.17, 15) is 22.0 Å². The minimum atomic E-state index is -5.69. The van der Waals surface area contributed by atoms with Gasteiger partial charge in [-0.2, -0.15) is 22.0 Å². The van der Waals surface area contributed by atoms with Crippen molar-refractivity contribution in [3.8, 4) is 5.75 Å². The molecule has 0 unspecified atom stereocenters. The Morgan fingerprint density at radius 1 is 1.10 bits per heavy atom. The first-order valence-electron chi connectivity index (χ1n) is 6.41. The quantitative estimate of drug-likeness (QED) is 0.684. The molecule has 0 aromatic heterocycles. The van der Waals surface area contributed by atoms with E-state index in [1.165, 1.54) is 0 Å². The number of rotatable bonds is 4. The minimum Gasteiger partial charge on any atom is -0.478 e. The molecule has 1 aromatic rings. The molecule has 0 aliphatic carbocycles. The Morgan fingerprint density at radius 2 is 1.71 bits per heavy atom. The molecule has 0 saturated carbocycles. The normalized spacial score (nSPS) is 17.2. The van der Waals surface area contributed by atoms with Crippen LogP contribution in [0.3, 0.4) is 0 Å². The van der Waals surface area contributed by atoms with E-state index in [-0.39, 0.29) is 12.4 Å². The van der Waals surface area contributed by atoms with E-state index in [2.05, 4.69) is 0 Å². The zero-order valence-electron chi connectivity index (χ0n) is 11.1. The molecular formula is C13H15F5N2O. The number of nitrogens with two attached hydrogens (primary N) is 1. The average molecular weight is 310 g/mol. The van der Waals surface area contributed by atoms with Gasteiger partial charge < -0.3 is 10.5 Å². The molecule has 0 amide bonds. The van der Waals surface area contributed by atoms with Crippen molar-refractivity contribution in [3.63, 3.8) is 0 Å². The zero-order chi connectivity index (χ0) is 15.7. The molecule has 2 N–H and O–H groups in total. The number of benzene rings is 1. The van der Waals surface area contributed by atoms with E-state index in [1.54, 1.807) is 0 Å². The van der Waals surface area contributed by atoms with Crippen molar-refractivity contribution in [2.24, 2.45) is 0 Å². The third-order valence-electron chi connectivity index (χ3n) is 3.30. The lowest BCUT2D eigenvalue weighted by molar-refractivity contribution is -0.289. The van der Waals surface area contributed by atoms with Gasteiger partial charge in [-0.25, -0.2) is 0 Å². The SMILES string of the molecule is Nc1ccc(C(F)(F)C(F)(F)F)c(OCN2CCCC2)c1. The molecule has 1 heterocycles. The van der Waals surface area contributed by atoms with Crippen LogP contribution in [0.5, 0.6) is 5.75 Å². The Hall–Kier alpha value is -1.57. The molecule has 0 spiro atoms. The van der Waals surface area contributed by atoms with Crippen molar-refractivity contribution in [2.75, 3.05) is 25.6 Å². The molecule has 1 fully saturated rings. The highest BCUT2D eigenvalue weighted by Gasteiger charge is 2.60. The maximum absolute atomic E-state index is 13.5. The number of anilines is 1. The lowest BCUT2D eigenvalue weighted by Crippen LogP contribution is -2.34. The van der Waals surface area contributed by atoms with Crippen LogP contribution in [0.25, 0.3) is 0 Å². The fourth-order valence-electron chi connectivity index (χ4n) is 2.14. The van der Waals surface area contributed by atoms with Gasteiger partial charge in [0.05, 0.1) is 5.56 Å². The molecule has 8 heteroatoms. The van der Waals surface area contributed by atoms with Crippen LogP contribution < -0.4 is 10.5 Å². The van der Waals surface area contributed by atoms with Crippen LogP contribution in [0, 0.1) is 0 Å². The zero-order valence-corrected chi connectivity index (χ0v) is 11.1. The molecule has 0 atom stereocenters. The van der Waals surface area contributed by atoms with Crippen LogP contribution in [0.4, 0.5) is 27.6 Å². The fraction of sp³-hybridized carbons (Fsp3) is 0.538. The highest BCUT2D eigenvalue weighted by atomic mass is 19.4. The van der Waals surface area contributed by atoms with Gasteiger partial charge >= 0.3 is 12.1 Å². The standard InChI is InChI=1S/C13H15F5N2O/c14-12(15,13(16,17)18)10-4-3-9(19)7-11(10)21-8-20-5-1-2-6-20/h3-4,7H,1-2,5-6,8,19H2. The second-order valence-corrected chi connectivity index (χ2v) is 4.93. The van der Waals surface area contributed by atoms with Gasteiger partial charge in [-0.05, 0) is 25.0 Å². The molecule has 2 rings (SSSR count). The van der Waals surface area contributed by atoms with E-state index in [4.69, 9.17) is 10.5 Å². The summed E-state index contributed by atoms with van der Waals surface area (Å²) < 4.78 is 69.6. The predicted octanol–water partition coefficient (Wildman–Crippen LogP) is 3.36. The summed E-state index contributed by atoms with van der Waals surface area (Å²) in [6, 6.07) is 2.64. The van der Waals surface area contributed by atoms with E-state index in [0.717, 1.165) is 38.1 Å². The Kier molecular flexibility index (Phi) is 4.27. The molecule has 1 aromatic carbocycles. The van der Waals surface area contributed by atoms with Gasteiger partial charge in [0, 0.05) is 24.8 Å². The number of alkyl halides is 5. The van der Waals surface area contributed by atoms with Crippen molar-refractivity contribution in [1.29, 1.82) is 0 Å². The van der Waals surface area contributed by atoms with Crippen molar-refractivity contribution in [3.05, 3.63) is 23.8 Å². The average Bonchev–Trinajstić information content (AvgIpc) is 2.87. The smallest absolute Gasteiger partial charge is 0.458 e. The highest BCUT2D eigenvalue weighted by Crippen LogP contribution is 2.47. The van der Waals surface area contributed by atoms with Crippen LogP contribution in [-0.2, 0) is 5.92 Å². The summed E-state index contributed by atoms with van der Waals surface area (Å²) in [6.45, 7) is 1.42. The summed E-state index contributed by atoms with van der Waals surface area (Å²) in [5.74, 6) is -5.52. The topological polar surface area (TPSA) is 38.5 Å². The van der Waals surface area contributed by atoms with Crippen LogP contribution in [0.1, 0.15) is 18.4 Å². The van der Waals surface area contributed by atoms with Crippen molar-refractivity contribution < 1.29 is 26.7 Å². The van der Waals surface area contributed by atoms with Gasteiger partial charge in [-0.15, -0.1) is 0 Å². The largest absolute Gasteiger partial charge is 0.478 e. The Bertz CT molecular complexity index is 498. The van der Waals surface area contributed by atoms with E-state index in [1.807, 2.05) is 4.90 Å². The van der Waals surface area contributed by atoms with Gasteiger partial charge in [-0.3, -0.25) is 4.90 Å². The van der Waals surface area contributed by atoms with Crippen LogP contribution in [-0.4, -0.2) is 30.9 Å². The number of hydrogen-bond donors (Lipinski definition) is 1. The number of nitrogen functional groups attached to an aromatic ring is 1.